The molecule has 6 rings (SSSR count). The van der Waals surface area contributed by atoms with E-state index in [9.17, 15) is 0 Å². The molecule has 2 N–H and O–H groups in total. The zero-order valence-electron chi connectivity index (χ0n) is 21.7. The predicted molar refractivity (Wildman–Crippen MR) is 147 cm³/mol. The average molecular weight is 507 g/mol. The zero-order valence-corrected chi connectivity index (χ0v) is 21.7. The van der Waals surface area contributed by atoms with Crippen molar-refractivity contribution >= 4 is 33.4 Å². The second-order valence-electron chi connectivity index (χ2n) is 9.04. The van der Waals surface area contributed by atoms with Crippen LogP contribution in [0.4, 0.5) is 11.5 Å². The van der Waals surface area contributed by atoms with Crippen LogP contribution < -0.4 is 14.8 Å². The maximum atomic E-state index is 5.83. The van der Waals surface area contributed by atoms with E-state index in [0.29, 0.717) is 17.4 Å². The second-order valence-corrected chi connectivity index (χ2v) is 9.04. The smallest absolute Gasteiger partial charge is 0.144 e. The number of rotatable bonds is 6. The van der Waals surface area contributed by atoms with Crippen molar-refractivity contribution in [3.63, 3.8) is 0 Å². The molecule has 9 nitrogen and oxygen atoms in total. The van der Waals surface area contributed by atoms with Gasteiger partial charge in [0.25, 0.3) is 0 Å². The number of methoxy groups -OCH3 is 2. The van der Waals surface area contributed by atoms with Crippen LogP contribution in [0, 0.1) is 20.8 Å². The summed E-state index contributed by atoms with van der Waals surface area (Å²) in [6.45, 7) is 5.70. The number of H-pyrrole nitrogens is 1. The number of benzene rings is 2. The summed E-state index contributed by atoms with van der Waals surface area (Å²) in [5.41, 5.74) is 7.11. The van der Waals surface area contributed by atoms with Crippen LogP contribution in [0.2, 0.25) is 0 Å². The normalized spacial score (nSPS) is 11.3. The Kier molecular flexibility index (Phi) is 5.68. The number of fused-ring (bicyclic) bond motifs is 3. The van der Waals surface area contributed by atoms with Crippen LogP contribution in [0.5, 0.6) is 11.5 Å². The molecule has 190 valence electrons. The van der Waals surface area contributed by atoms with Crippen molar-refractivity contribution in [2.45, 2.75) is 20.8 Å². The first kappa shape index (κ1) is 23.5. The lowest BCUT2D eigenvalue weighted by Gasteiger charge is -2.15. The van der Waals surface area contributed by atoms with E-state index in [4.69, 9.17) is 24.0 Å². The Hall–Kier alpha value is -4.92. The standard InChI is InChI=1S/C29H26N6O3/c1-15-26(16(2)38-35-15)22-13-24-21(14-25(22)37-5)27-28(31-17(3)32-29(27)34-24)33-23-7-6-19(36-4)12-20(23)18-8-10-30-11-9-18/h6-14H,1-5H3,(H2,31,32,33,34). The first-order chi connectivity index (χ1) is 18.5. The molecule has 0 fully saturated rings. The highest BCUT2D eigenvalue weighted by Gasteiger charge is 2.21. The van der Waals surface area contributed by atoms with Crippen molar-refractivity contribution in [2.24, 2.45) is 0 Å². The molecule has 2 aromatic carbocycles. The minimum absolute atomic E-state index is 0.642. The molecule has 0 aliphatic carbocycles. The van der Waals surface area contributed by atoms with Gasteiger partial charge in [0.15, 0.2) is 0 Å². The van der Waals surface area contributed by atoms with E-state index >= 15 is 0 Å². The highest BCUT2D eigenvalue weighted by Crippen LogP contribution is 2.42. The van der Waals surface area contributed by atoms with Crippen molar-refractivity contribution in [2.75, 3.05) is 19.5 Å². The molecule has 6 aromatic rings. The van der Waals surface area contributed by atoms with Gasteiger partial charge in [0.1, 0.15) is 34.5 Å². The minimum Gasteiger partial charge on any atom is -0.497 e. The molecule has 0 atom stereocenters. The Morgan fingerprint density at radius 3 is 2.42 bits per heavy atom. The molecule has 4 heterocycles. The Balaban J connectivity index is 1.55. The summed E-state index contributed by atoms with van der Waals surface area (Å²) in [5.74, 6) is 3.53. The number of nitrogens with zero attached hydrogens (tertiary/aromatic N) is 4. The number of ether oxygens (including phenoxy) is 2. The van der Waals surface area contributed by atoms with Crippen LogP contribution in [-0.4, -0.2) is 39.3 Å². The van der Waals surface area contributed by atoms with Crippen LogP contribution >= 0.6 is 0 Å². The summed E-state index contributed by atoms with van der Waals surface area (Å²) in [5, 5.41) is 9.50. The number of hydrogen-bond acceptors (Lipinski definition) is 8. The Morgan fingerprint density at radius 1 is 0.895 bits per heavy atom. The summed E-state index contributed by atoms with van der Waals surface area (Å²) in [7, 11) is 3.32. The number of aromatic amines is 1. The van der Waals surface area contributed by atoms with Gasteiger partial charge in [-0.15, -0.1) is 0 Å². The van der Waals surface area contributed by atoms with Crippen molar-refractivity contribution in [1.29, 1.82) is 0 Å². The van der Waals surface area contributed by atoms with E-state index in [1.807, 2.05) is 57.2 Å². The van der Waals surface area contributed by atoms with Gasteiger partial charge in [-0.1, -0.05) is 5.16 Å². The van der Waals surface area contributed by atoms with Gasteiger partial charge in [-0.25, -0.2) is 9.97 Å². The van der Waals surface area contributed by atoms with Crippen molar-refractivity contribution < 1.29 is 14.0 Å². The molecule has 0 bridgehead atoms. The Morgan fingerprint density at radius 2 is 1.71 bits per heavy atom. The number of hydrogen-bond donors (Lipinski definition) is 2. The Bertz CT molecular complexity index is 1790. The van der Waals surface area contributed by atoms with E-state index < -0.39 is 0 Å². The number of anilines is 2. The van der Waals surface area contributed by atoms with Gasteiger partial charge in [0.2, 0.25) is 0 Å². The first-order valence-electron chi connectivity index (χ1n) is 12.1. The fraction of sp³-hybridized carbons (Fsp3) is 0.172. The Labute approximate surface area is 218 Å². The molecule has 4 aromatic heterocycles. The average Bonchev–Trinajstić information content (AvgIpc) is 3.46. The third-order valence-electron chi connectivity index (χ3n) is 6.66. The van der Waals surface area contributed by atoms with Gasteiger partial charge in [-0.05, 0) is 68.8 Å². The zero-order chi connectivity index (χ0) is 26.4. The SMILES string of the molecule is COc1ccc(Nc2nc(C)nc3[nH]c4cc(-c5c(C)noc5C)c(OC)cc4c23)c(-c2ccncc2)c1. The number of aryl methyl sites for hydroxylation is 3. The topological polar surface area (TPSA) is 111 Å². The number of aromatic nitrogens is 5. The van der Waals surface area contributed by atoms with Crippen LogP contribution in [0.1, 0.15) is 17.3 Å². The molecule has 38 heavy (non-hydrogen) atoms. The van der Waals surface area contributed by atoms with Crippen molar-refractivity contribution in [3.8, 4) is 33.8 Å². The molecule has 0 aliphatic heterocycles. The molecule has 0 unspecified atom stereocenters. The second kappa shape index (κ2) is 9.19. The molecule has 0 amide bonds. The molecule has 0 radical (unpaired) electrons. The highest BCUT2D eigenvalue weighted by atomic mass is 16.5. The van der Waals surface area contributed by atoms with E-state index in [0.717, 1.165) is 67.1 Å². The van der Waals surface area contributed by atoms with E-state index in [1.54, 1.807) is 26.6 Å². The quantitative estimate of drug-likeness (QED) is 0.263. The minimum atomic E-state index is 0.642. The number of pyridine rings is 1. The highest BCUT2D eigenvalue weighted by molar-refractivity contribution is 6.13. The van der Waals surface area contributed by atoms with Crippen LogP contribution in [0.3, 0.4) is 0 Å². The van der Waals surface area contributed by atoms with E-state index in [2.05, 4.69) is 26.5 Å². The molecule has 0 spiro atoms. The van der Waals surface area contributed by atoms with Crippen LogP contribution in [0.25, 0.3) is 44.2 Å². The summed E-state index contributed by atoms with van der Waals surface area (Å²) in [6, 6.07) is 13.9. The van der Waals surface area contributed by atoms with Crippen LogP contribution in [-0.2, 0) is 0 Å². The lowest BCUT2D eigenvalue weighted by molar-refractivity contribution is 0.393. The van der Waals surface area contributed by atoms with Crippen molar-refractivity contribution in [1.82, 2.24) is 25.1 Å². The fourth-order valence-corrected chi connectivity index (χ4v) is 4.92. The van der Waals surface area contributed by atoms with Gasteiger partial charge < -0.3 is 24.3 Å². The lowest BCUT2D eigenvalue weighted by atomic mass is 10.0. The molecule has 0 saturated heterocycles. The summed E-state index contributed by atoms with van der Waals surface area (Å²) < 4.78 is 16.8. The van der Waals surface area contributed by atoms with Gasteiger partial charge in [-0.2, -0.15) is 0 Å². The molecular weight excluding hydrogens is 480 g/mol. The molecule has 9 heteroatoms. The number of nitrogens with one attached hydrogen (secondary N) is 2. The third kappa shape index (κ3) is 3.88. The lowest BCUT2D eigenvalue weighted by Crippen LogP contribution is -2.00. The van der Waals surface area contributed by atoms with Gasteiger partial charge in [0.05, 0.1) is 30.9 Å². The van der Waals surface area contributed by atoms with Gasteiger partial charge in [-0.3, -0.25) is 4.98 Å². The van der Waals surface area contributed by atoms with Crippen LogP contribution in [0.15, 0.2) is 59.4 Å². The van der Waals surface area contributed by atoms with Crippen molar-refractivity contribution in [3.05, 3.63) is 72.1 Å². The summed E-state index contributed by atoms with van der Waals surface area (Å²) in [6.07, 6.45) is 3.54. The molecule has 0 aliphatic rings. The maximum absolute atomic E-state index is 5.83. The first-order valence-corrected chi connectivity index (χ1v) is 12.1. The summed E-state index contributed by atoms with van der Waals surface area (Å²) in [4.78, 5) is 17.1. The molecular formula is C29H26N6O3. The fourth-order valence-electron chi connectivity index (χ4n) is 4.92. The largest absolute Gasteiger partial charge is 0.497 e. The monoisotopic (exact) mass is 506 g/mol. The maximum Gasteiger partial charge on any atom is 0.144 e. The summed E-state index contributed by atoms with van der Waals surface area (Å²) >= 11 is 0. The van der Waals surface area contributed by atoms with E-state index in [1.165, 1.54) is 0 Å². The van der Waals surface area contributed by atoms with Gasteiger partial charge >= 0.3 is 0 Å². The van der Waals surface area contributed by atoms with E-state index in [-0.39, 0.29) is 0 Å². The predicted octanol–water partition coefficient (Wildman–Crippen LogP) is 6.51. The third-order valence-corrected chi connectivity index (χ3v) is 6.66. The molecule has 0 saturated carbocycles. The van der Waals surface area contributed by atoms with Gasteiger partial charge in [0, 0.05) is 40.1 Å².